The van der Waals surface area contributed by atoms with Crippen LogP contribution in [0.3, 0.4) is 0 Å². The number of rotatable bonds is 6. The molecule has 1 heteroatoms. The van der Waals surface area contributed by atoms with Gasteiger partial charge < -0.3 is 0 Å². The second-order valence-electron chi connectivity index (χ2n) is 4.06. The molecule has 0 amide bonds. The third-order valence-electron chi connectivity index (χ3n) is 2.18. The highest BCUT2D eigenvalue weighted by molar-refractivity contribution is 5.78. The van der Waals surface area contributed by atoms with Crippen LogP contribution in [0.1, 0.15) is 53.4 Å². The summed E-state index contributed by atoms with van der Waals surface area (Å²) in [4.78, 5) is 11.1. The van der Waals surface area contributed by atoms with E-state index in [9.17, 15) is 4.79 Å². The fourth-order valence-electron chi connectivity index (χ4n) is 1.29. The summed E-state index contributed by atoms with van der Waals surface area (Å²) in [6, 6.07) is 0. The zero-order valence-corrected chi connectivity index (χ0v) is 9.39. The van der Waals surface area contributed by atoms with E-state index >= 15 is 0 Å². The van der Waals surface area contributed by atoms with Crippen molar-refractivity contribution in [3.05, 3.63) is 11.6 Å². The van der Waals surface area contributed by atoms with Crippen molar-refractivity contribution in [1.82, 2.24) is 0 Å². The minimum atomic E-state index is 0.393. The molecule has 0 aromatic rings. The lowest BCUT2D eigenvalue weighted by Crippen LogP contribution is -2.03. The molecule has 0 saturated carbocycles. The first-order valence-electron chi connectivity index (χ1n) is 5.21. The Morgan fingerprint density at radius 1 is 1.38 bits per heavy atom. The molecule has 0 heterocycles. The van der Waals surface area contributed by atoms with Gasteiger partial charge in [-0.25, -0.2) is 0 Å². The Kier molecular flexibility index (Phi) is 6.56. The van der Waals surface area contributed by atoms with Crippen LogP contribution in [0.2, 0.25) is 0 Å². The Morgan fingerprint density at radius 2 is 2.00 bits per heavy atom. The first-order valence-corrected chi connectivity index (χ1v) is 5.21. The Bertz CT molecular complexity index is 176. The molecular formula is C12H22O. The molecule has 0 aliphatic rings. The van der Waals surface area contributed by atoms with E-state index in [-0.39, 0.29) is 0 Å². The maximum Gasteiger partial charge on any atom is 0.132 e. The predicted molar refractivity (Wildman–Crippen MR) is 57.7 cm³/mol. The van der Waals surface area contributed by atoms with Crippen molar-refractivity contribution in [1.29, 1.82) is 0 Å². The number of allylic oxidation sites excluding steroid dienone is 2. The fourth-order valence-corrected chi connectivity index (χ4v) is 1.29. The van der Waals surface area contributed by atoms with Gasteiger partial charge in [0.1, 0.15) is 5.78 Å². The van der Waals surface area contributed by atoms with Gasteiger partial charge in [-0.1, -0.05) is 25.5 Å². The van der Waals surface area contributed by atoms with E-state index in [4.69, 9.17) is 0 Å². The third-order valence-corrected chi connectivity index (χ3v) is 2.18. The van der Waals surface area contributed by atoms with E-state index in [1.807, 2.05) is 6.92 Å². The zero-order chi connectivity index (χ0) is 10.3. The van der Waals surface area contributed by atoms with E-state index in [2.05, 4.69) is 26.8 Å². The molecule has 0 fully saturated rings. The number of hydrogen-bond acceptors (Lipinski definition) is 1. The second-order valence-corrected chi connectivity index (χ2v) is 4.06. The molecule has 0 aromatic carbocycles. The van der Waals surface area contributed by atoms with Gasteiger partial charge in [-0.2, -0.15) is 0 Å². The lowest BCUT2D eigenvalue weighted by Gasteiger charge is -2.07. The van der Waals surface area contributed by atoms with Crippen molar-refractivity contribution in [2.75, 3.05) is 0 Å². The highest BCUT2D eigenvalue weighted by Crippen LogP contribution is 2.12. The minimum absolute atomic E-state index is 0.393. The fraction of sp³-hybridized carbons (Fsp3) is 0.750. The minimum Gasteiger partial charge on any atom is -0.300 e. The first-order chi connectivity index (χ1) is 6.06. The quantitative estimate of drug-likeness (QED) is 0.572. The Labute approximate surface area is 82.2 Å². The van der Waals surface area contributed by atoms with Crippen LogP contribution in [0, 0.1) is 5.92 Å². The van der Waals surface area contributed by atoms with Crippen LogP contribution in [0.25, 0.3) is 0 Å². The van der Waals surface area contributed by atoms with Crippen LogP contribution >= 0.6 is 0 Å². The normalized spacial score (nSPS) is 12.3. The summed E-state index contributed by atoms with van der Waals surface area (Å²) in [6.07, 6.45) is 5.93. The Hall–Kier alpha value is -0.590. The molecule has 1 nitrogen and oxygen atoms in total. The molecule has 0 unspecified atom stereocenters. The largest absolute Gasteiger partial charge is 0.300 e. The van der Waals surface area contributed by atoms with Gasteiger partial charge in [0.2, 0.25) is 0 Å². The van der Waals surface area contributed by atoms with Crippen molar-refractivity contribution >= 4 is 5.78 Å². The summed E-state index contributed by atoms with van der Waals surface area (Å²) in [5, 5.41) is 0. The summed E-state index contributed by atoms with van der Waals surface area (Å²) < 4.78 is 0. The lowest BCUT2D eigenvalue weighted by molar-refractivity contribution is -0.119. The third kappa shape index (κ3) is 7.76. The molecule has 0 aromatic heterocycles. The van der Waals surface area contributed by atoms with E-state index in [0.717, 1.165) is 19.3 Å². The van der Waals surface area contributed by atoms with Gasteiger partial charge in [0.05, 0.1) is 0 Å². The van der Waals surface area contributed by atoms with Gasteiger partial charge in [0, 0.05) is 12.8 Å². The van der Waals surface area contributed by atoms with Crippen LogP contribution in [-0.4, -0.2) is 5.78 Å². The zero-order valence-electron chi connectivity index (χ0n) is 9.39. The summed E-state index contributed by atoms with van der Waals surface area (Å²) >= 11 is 0. The molecular weight excluding hydrogens is 160 g/mol. The van der Waals surface area contributed by atoms with E-state index < -0.39 is 0 Å². The monoisotopic (exact) mass is 182 g/mol. The summed E-state index contributed by atoms with van der Waals surface area (Å²) in [6.45, 7) is 8.32. The molecule has 1 atom stereocenters. The van der Waals surface area contributed by atoms with Gasteiger partial charge in [0.15, 0.2) is 0 Å². The molecule has 13 heavy (non-hydrogen) atoms. The smallest absolute Gasteiger partial charge is 0.132 e. The molecule has 0 saturated heterocycles. The van der Waals surface area contributed by atoms with Gasteiger partial charge in [0.25, 0.3) is 0 Å². The van der Waals surface area contributed by atoms with Crippen LogP contribution in [0.5, 0.6) is 0 Å². The molecule has 76 valence electrons. The van der Waals surface area contributed by atoms with Gasteiger partial charge in [-0.15, -0.1) is 0 Å². The predicted octanol–water partition coefficient (Wildman–Crippen LogP) is 3.74. The lowest BCUT2D eigenvalue weighted by atomic mass is 9.98. The van der Waals surface area contributed by atoms with Gasteiger partial charge in [-0.05, 0) is 32.6 Å². The van der Waals surface area contributed by atoms with Crippen molar-refractivity contribution < 1.29 is 4.79 Å². The number of Topliss-reactive ketones (excluding diaryl/α,β-unsaturated/α-hetero) is 1. The Morgan fingerprint density at radius 3 is 2.46 bits per heavy atom. The van der Waals surface area contributed by atoms with E-state index in [0.29, 0.717) is 18.1 Å². The first kappa shape index (κ1) is 12.4. The van der Waals surface area contributed by atoms with Crippen LogP contribution in [0.4, 0.5) is 0 Å². The van der Waals surface area contributed by atoms with Gasteiger partial charge >= 0.3 is 0 Å². The van der Waals surface area contributed by atoms with Crippen LogP contribution in [0.15, 0.2) is 11.6 Å². The molecule has 0 aliphatic carbocycles. The number of hydrogen-bond donors (Lipinski definition) is 0. The number of ketones is 1. The maximum atomic E-state index is 11.1. The van der Waals surface area contributed by atoms with E-state index in [1.165, 1.54) is 5.57 Å². The molecule has 0 spiro atoms. The molecule has 0 radical (unpaired) electrons. The standard InChI is InChI=1S/C12H22O/c1-5-12(13)9-11(4)8-6-7-10(2)3/h7,11H,5-6,8-9H2,1-4H3/t11-/m1/s1. The molecule has 0 rings (SSSR count). The van der Waals surface area contributed by atoms with Crippen molar-refractivity contribution in [2.24, 2.45) is 5.92 Å². The average Bonchev–Trinajstić information content (AvgIpc) is 2.03. The van der Waals surface area contributed by atoms with Gasteiger partial charge in [-0.3, -0.25) is 4.79 Å². The van der Waals surface area contributed by atoms with E-state index in [1.54, 1.807) is 0 Å². The van der Waals surface area contributed by atoms with Crippen LogP contribution in [-0.2, 0) is 4.79 Å². The topological polar surface area (TPSA) is 17.1 Å². The number of carbonyl (C=O) groups is 1. The Balaban J connectivity index is 3.57. The maximum absolute atomic E-state index is 11.1. The highest BCUT2D eigenvalue weighted by Gasteiger charge is 2.05. The highest BCUT2D eigenvalue weighted by atomic mass is 16.1. The number of carbonyl (C=O) groups excluding carboxylic acids is 1. The molecule has 0 bridgehead atoms. The van der Waals surface area contributed by atoms with Crippen molar-refractivity contribution in [3.63, 3.8) is 0 Å². The second kappa shape index (κ2) is 6.88. The molecule has 0 N–H and O–H groups in total. The summed E-state index contributed by atoms with van der Waals surface area (Å²) in [5.41, 5.74) is 1.37. The average molecular weight is 182 g/mol. The van der Waals surface area contributed by atoms with Crippen molar-refractivity contribution in [2.45, 2.75) is 53.4 Å². The van der Waals surface area contributed by atoms with Crippen molar-refractivity contribution in [3.8, 4) is 0 Å². The summed E-state index contributed by atoms with van der Waals surface area (Å²) in [5.74, 6) is 0.938. The summed E-state index contributed by atoms with van der Waals surface area (Å²) in [7, 11) is 0. The SMILES string of the molecule is CCC(=O)C[C@H](C)CCC=C(C)C. The molecule has 0 aliphatic heterocycles. The van der Waals surface area contributed by atoms with Crippen LogP contribution < -0.4 is 0 Å².